The van der Waals surface area contributed by atoms with Crippen molar-refractivity contribution in [3.8, 4) is 17.3 Å². The van der Waals surface area contributed by atoms with Crippen LogP contribution in [0.5, 0.6) is 11.5 Å². The van der Waals surface area contributed by atoms with Crippen LogP contribution < -0.4 is 15.8 Å². The van der Waals surface area contributed by atoms with Crippen LogP contribution in [-0.4, -0.2) is 33.1 Å². The molecule has 2 aromatic heterocycles. The van der Waals surface area contributed by atoms with Gasteiger partial charge in [0.15, 0.2) is 18.3 Å². The van der Waals surface area contributed by atoms with Crippen LogP contribution in [0.15, 0.2) is 84.1 Å². The van der Waals surface area contributed by atoms with E-state index in [-0.39, 0.29) is 18.3 Å². The van der Waals surface area contributed by atoms with Gasteiger partial charge in [0.05, 0.1) is 5.69 Å². The van der Waals surface area contributed by atoms with Gasteiger partial charge >= 0.3 is 0 Å². The highest BCUT2D eigenvalue weighted by molar-refractivity contribution is 5.97. The van der Waals surface area contributed by atoms with E-state index < -0.39 is 0 Å². The molecule has 0 bridgehead atoms. The molecule has 0 saturated heterocycles. The van der Waals surface area contributed by atoms with Crippen LogP contribution in [0.3, 0.4) is 0 Å². The van der Waals surface area contributed by atoms with Crippen molar-refractivity contribution in [2.75, 3.05) is 11.9 Å². The summed E-state index contributed by atoms with van der Waals surface area (Å²) in [6.07, 6.45) is 1.58. The van der Waals surface area contributed by atoms with Crippen molar-refractivity contribution in [3.05, 3.63) is 95.9 Å². The van der Waals surface area contributed by atoms with Crippen LogP contribution in [0, 0.1) is 13.8 Å². The van der Waals surface area contributed by atoms with Crippen LogP contribution in [0.4, 0.5) is 5.69 Å². The Morgan fingerprint density at radius 2 is 1.76 bits per heavy atom. The molecule has 0 saturated carbocycles. The monoisotopic (exact) mass is 456 g/mol. The van der Waals surface area contributed by atoms with Gasteiger partial charge in [-0.3, -0.25) is 4.79 Å². The second-order valence-electron chi connectivity index (χ2n) is 7.48. The number of amides is 1. The second-order valence-corrected chi connectivity index (χ2v) is 7.48. The van der Waals surface area contributed by atoms with Crippen molar-refractivity contribution < 1.29 is 14.4 Å². The first kappa shape index (κ1) is 22.5. The minimum Gasteiger partial charge on any atom is -0.457 e. The zero-order chi connectivity index (χ0) is 23.9. The summed E-state index contributed by atoms with van der Waals surface area (Å²) < 4.78 is 7.48. The molecule has 0 aliphatic carbocycles. The fourth-order valence-electron chi connectivity index (χ4n) is 3.16. The molecule has 0 spiro atoms. The van der Waals surface area contributed by atoms with Gasteiger partial charge in [0.25, 0.3) is 5.91 Å². The van der Waals surface area contributed by atoms with Gasteiger partial charge in [-0.15, -0.1) is 0 Å². The zero-order valence-electron chi connectivity index (χ0n) is 18.8. The first-order valence-corrected chi connectivity index (χ1v) is 10.6. The third-order valence-corrected chi connectivity index (χ3v) is 4.75. The summed E-state index contributed by atoms with van der Waals surface area (Å²) in [5.41, 5.74) is 9.02. The number of nitrogens with zero attached hydrogens (tertiary/aromatic N) is 4. The summed E-state index contributed by atoms with van der Waals surface area (Å²) in [7, 11) is 0. The molecular weight excluding hydrogens is 432 g/mol. The molecule has 2 aromatic carbocycles. The van der Waals surface area contributed by atoms with E-state index in [4.69, 9.17) is 15.3 Å². The van der Waals surface area contributed by atoms with Gasteiger partial charge < -0.3 is 20.6 Å². The largest absolute Gasteiger partial charge is 0.457 e. The smallest absolute Gasteiger partial charge is 0.265 e. The van der Waals surface area contributed by atoms with E-state index in [2.05, 4.69) is 20.6 Å². The van der Waals surface area contributed by atoms with Crippen molar-refractivity contribution in [3.63, 3.8) is 0 Å². The molecule has 34 heavy (non-hydrogen) atoms. The van der Waals surface area contributed by atoms with E-state index >= 15 is 0 Å². The summed E-state index contributed by atoms with van der Waals surface area (Å²) in [5, 5.41) is 10.9. The topological polar surface area (TPSA) is 117 Å². The highest BCUT2D eigenvalue weighted by Gasteiger charge is 2.08. The SMILES string of the molecule is Cc1cc(C)n(-c2ccc(/C(N)=N/OCC(=O)Nc3ccc(Oc4ccccc4)cc3)cn2)n1. The lowest BCUT2D eigenvalue weighted by atomic mass is 10.2. The maximum Gasteiger partial charge on any atom is 0.265 e. The lowest BCUT2D eigenvalue weighted by Crippen LogP contribution is -2.19. The Bertz CT molecular complexity index is 1280. The van der Waals surface area contributed by atoms with Crippen LogP contribution in [0.1, 0.15) is 17.0 Å². The Morgan fingerprint density at radius 1 is 1.03 bits per heavy atom. The number of rotatable bonds is 8. The second kappa shape index (κ2) is 10.3. The van der Waals surface area contributed by atoms with Gasteiger partial charge in [-0.2, -0.15) is 5.10 Å². The highest BCUT2D eigenvalue weighted by atomic mass is 16.6. The molecule has 0 radical (unpaired) electrons. The number of oxime groups is 1. The summed E-state index contributed by atoms with van der Waals surface area (Å²) >= 11 is 0. The molecule has 2 heterocycles. The average molecular weight is 457 g/mol. The number of aromatic nitrogens is 3. The van der Waals surface area contributed by atoms with Gasteiger partial charge in [0.1, 0.15) is 11.5 Å². The summed E-state index contributed by atoms with van der Waals surface area (Å²) in [5.74, 6) is 1.81. The zero-order valence-corrected chi connectivity index (χ0v) is 18.8. The third kappa shape index (κ3) is 5.77. The Balaban J connectivity index is 1.27. The maximum absolute atomic E-state index is 12.1. The molecule has 0 atom stereocenters. The fraction of sp³-hybridized carbons (Fsp3) is 0.120. The Morgan fingerprint density at radius 3 is 2.41 bits per heavy atom. The van der Waals surface area contributed by atoms with E-state index in [1.54, 1.807) is 47.3 Å². The van der Waals surface area contributed by atoms with E-state index in [0.717, 1.165) is 17.1 Å². The van der Waals surface area contributed by atoms with E-state index in [1.165, 1.54) is 0 Å². The minimum absolute atomic E-state index is 0.114. The first-order valence-electron chi connectivity index (χ1n) is 10.6. The third-order valence-electron chi connectivity index (χ3n) is 4.75. The molecule has 4 rings (SSSR count). The predicted molar refractivity (Wildman–Crippen MR) is 129 cm³/mol. The maximum atomic E-state index is 12.1. The van der Waals surface area contributed by atoms with Crippen molar-refractivity contribution in [2.45, 2.75) is 13.8 Å². The van der Waals surface area contributed by atoms with Crippen molar-refractivity contribution in [1.82, 2.24) is 14.8 Å². The lowest BCUT2D eigenvalue weighted by molar-refractivity contribution is -0.120. The van der Waals surface area contributed by atoms with Gasteiger partial charge in [-0.1, -0.05) is 23.4 Å². The van der Waals surface area contributed by atoms with Crippen LogP contribution in [0.2, 0.25) is 0 Å². The van der Waals surface area contributed by atoms with Crippen LogP contribution >= 0.6 is 0 Å². The molecule has 0 fully saturated rings. The number of amidine groups is 1. The Labute approximate surface area is 196 Å². The number of hydrogen-bond donors (Lipinski definition) is 2. The molecule has 4 aromatic rings. The molecule has 9 nitrogen and oxygen atoms in total. The molecule has 9 heteroatoms. The van der Waals surface area contributed by atoms with Gasteiger partial charge in [-0.05, 0) is 68.4 Å². The van der Waals surface area contributed by atoms with E-state index in [1.807, 2.05) is 50.2 Å². The van der Waals surface area contributed by atoms with Crippen molar-refractivity contribution in [1.29, 1.82) is 0 Å². The standard InChI is InChI=1S/C25H24N6O3/c1-17-14-18(2)31(29-17)23-13-8-19(15-27-23)25(26)30-33-16-24(32)28-20-9-11-22(12-10-20)34-21-6-4-3-5-7-21/h3-15H,16H2,1-2H3,(H2,26,30)(H,28,32). The summed E-state index contributed by atoms with van der Waals surface area (Å²) in [6.45, 7) is 3.59. The van der Waals surface area contributed by atoms with Crippen LogP contribution in [0.25, 0.3) is 5.82 Å². The molecule has 3 N–H and O–H groups in total. The number of carbonyl (C=O) groups excluding carboxylic acids is 1. The molecule has 1 amide bonds. The number of para-hydroxylation sites is 1. The number of hydrogen-bond acceptors (Lipinski definition) is 6. The van der Waals surface area contributed by atoms with Crippen molar-refractivity contribution >= 4 is 17.4 Å². The number of aryl methyl sites for hydroxylation is 2. The normalized spacial score (nSPS) is 11.2. The molecule has 172 valence electrons. The molecule has 0 unspecified atom stereocenters. The number of ether oxygens (including phenoxy) is 1. The quantitative estimate of drug-likeness (QED) is 0.236. The fourth-order valence-corrected chi connectivity index (χ4v) is 3.16. The van der Waals surface area contributed by atoms with Crippen LogP contribution in [-0.2, 0) is 9.63 Å². The Kier molecular flexibility index (Phi) is 6.83. The molecule has 0 aliphatic rings. The number of anilines is 1. The minimum atomic E-state index is -0.369. The number of benzene rings is 2. The number of pyridine rings is 1. The lowest BCUT2D eigenvalue weighted by Gasteiger charge is -2.08. The number of nitrogens with one attached hydrogen (secondary N) is 1. The number of carbonyl (C=O) groups is 1. The average Bonchev–Trinajstić information content (AvgIpc) is 3.19. The van der Waals surface area contributed by atoms with Gasteiger partial charge in [-0.25, -0.2) is 9.67 Å². The number of nitrogens with two attached hydrogens (primary N) is 1. The van der Waals surface area contributed by atoms with E-state index in [9.17, 15) is 4.79 Å². The molecule has 0 aliphatic heterocycles. The summed E-state index contributed by atoms with van der Waals surface area (Å²) in [4.78, 5) is 21.6. The van der Waals surface area contributed by atoms with Gasteiger partial charge in [0, 0.05) is 23.1 Å². The van der Waals surface area contributed by atoms with Gasteiger partial charge in [0.2, 0.25) is 0 Å². The molecular formula is C25H24N6O3. The Hall–Kier alpha value is -4.66. The highest BCUT2D eigenvalue weighted by Crippen LogP contribution is 2.22. The van der Waals surface area contributed by atoms with E-state index in [0.29, 0.717) is 22.8 Å². The first-order chi connectivity index (χ1) is 16.5. The predicted octanol–water partition coefficient (Wildman–Crippen LogP) is 3.95. The summed E-state index contributed by atoms with van der Waals surface area (Å²) in [6, 6.07) is 22.0. The van der Waals surface area contributed by atoms with Crippen molar-refractivity contribution in [2.24, 2.45) is 10.9 Å².